The number of hydrogen-bond donors (Lipinski definition) is 5. The molecular weight excluding hydrogens is 456 g/mol. The number of hydrogen-bond acceptors (Lipinski definition) is 10. The molecular formula is C23H22N6O6. The maximum Gasteiger partial charge on any atom is 0.342 e. The summed E-state index contributed by atoms with van der Waals surface area (Å²) in [4.78, 5) is 39.9. The first-order valence-electron chi connectivity index (χ1n) is 10.3. The molecule has 12 heteroatoms. The molecule has 1 aromatic heterocycles. The van der Waals surface area contributed by atoms with Gasteiger partial charge < -0.3 is 31.3 Å². The largest absolute Gasteiger partial charge is 0.422 e. The SMILES string of the molecule is Nc1nc(NC(=O)CNC(=O)c2ccccc2)ccc1N=Nc1ccccc1OC(=O)[C@@H](O)CO. The number of anilines is 2. The van der Waals surface area contributed by atoms with Gasteiger partial charge in [-0.15, -0.1) is 10.2 Å². The van der Waals surface area contributed by atoms with E-state index in [4.69, 9.17) is 15.6 Å². The molecule has 0 unspecified atom stereocenters. The van der Waals surface area contributed by atoms with E-state index in [9.17, 15) is 19.5 Å². The number of nitrogens with two attached hydrogens (primary N) is 1. The molecule has 180 valence electrons. The number of para-hydroxylation sites is 1. The van der Waals surface area contributed by atoms with Crippen LogP contribution in [-0.2, 0) is 9.59 Å². The third-order valence-electron chi connectivity index (χ3n) is 4.40. The Bertz CT molecular complexity index is 1230. The fraction of sp³-hybridized carbons (Fsp3) is 0.130. The fourth-order valence-corrected chi connectivity index (χ4v) is 2.65. The minimum atomic E-state index is -1.69. The van der Waals surface area contributed by atoms with Gasteiger partial charge in [-0.2, -0.15) is 0 Å². The molecule has 0 fully saturated rings. The van der Waals surface area contributed by atoms with E-state index in [2.05, 4.69) is 25.8 Å². The first kappa shape index (κ1) is 25.0. The first-order valence-corrected chi connectivity index (χ1v) is 10.3. The predicted octanol–water partition coefficient (Wildman–Crippen LogP) is 1.71. The Labute approximate surface area is 199 Å². The van der Waals surface area contributed by atoms with Gasteiger partial charge in [0.05, 0.1) is 13.2 Å². The number of aromatic nitrogens is 1. The minimum Gasteiger partial charge on any atom is -0.422 e. The number of aliphatic hydroxyl groups excluding tert-OH is 2. The molecule has 1 atom stereocenters. The molecule has 3 aromatic rings. The fourth-order valence-electron chi connectivity index (χ4n) is 2.65. The Morgan fingerprint density at radius 1 is 0.971 bits per heavy atom. The molecule has 35 heavy (non-hydrogen) atoms. The number of benzene rings is 2. The standard InChI is InChI=1S/C23H22N6O6/c24-21-16(29-28-15-8-4-5-9-18(15)35-23(34)17(31)13-30)10-11-19(27-21)26-20(32)12-25-22(33)14-6-2-1-3-7-14/h1-11,17,30-31H,12-13H2,(H,25,33)(H3,24,26,27,32)/t17-/m0/s1. The number of rotatable bonds is 9. The molecule has 0 bridgehead atoms. The second kappa shape index (κ2) is 12.0. The average Bonchev–Trinajstić information content (AvgIpc) is 2.87. The van der Waals surface area contributed by atoms with Gasteiger partial charge in [0.1, 0.15) is 17.2 Å². The van der Waals surface area contributed by atoms with Gasteiger partial charge in [0.2, 0.25) is 5.91 Å². The lowest BCUT2D eigenvalue weighted by Crippen LogP contribution is -2.33. The average molecular weight is 478 g/mol. The highest BCUT2D eigenvalue weighted by atomic mass is 16.6. The van der Waals surface area contributed by atoms with E-state index in [0.29, 0.717) is 5.56 Å². The van der Waals surface area contributed by atoms with Crippen molar-refractivity contribution in [2.45, 2.75) is 6.10 Å². The van der Waals surface area contributed by atoms with Crippen molar-refractivity contribution in [3.8, 4) is 5.75 Å². The molecule has 0 saturated carbocycles. The minimum absolute atomic E-state index is 0.0155. The van der Waals surface area contributed by atoms with E-state index in [1.165, 1.54) is 24.3 Å². The summed E-state index contributed by atoms with van der Waals surface area (Å²) in [5.41, 5.74) is 6.67. The zero-order valence-corrected chi connectivity index (χ0v) is 18.3. The van der Waals surface area contributed by atoms with Crippen molar-refractivity contribution in [3.05, 3.63) is 72.3 Å². The quantitative estimate of drug-likeness (QED) is 0.174. The molecule has 2 amide bonds. The van der Waals surface area contributed by atoms with Gasteiger partial charge in [-0.05, 0) is 36.4 Å². The number of carbonyl (C=O) groups is 3. The summed E-state index contributed by atoms with van der Waals surface area (Å²) in [6.45, 7) is -1.05. The van der Waals surface area contributed by atoms with Crippen LogP contribution in [0.4, 0.5) is 23.0 Å². The second-order valence-electron chi connectivity index (χ2n) is 6.98. The molecule has 0 spiro atoms. The van der Waals surface area contributed by atoms with Crippen LogP contribution in [0.2, 0.25) is 0 Å². The maximum atomic E-state index is 12.1. The van der Waals surface area contributed by atoms with Crippen molar-refractivity contribution in [2.75, 3.05) is 24.2 Å². The number of nitrogens with zero attached hydrogens (tertiary/aromatic N) is 3. The van der Waals surface area contributed by atoms with Gasteiger partial charge in [0.15, 0.2) is 17.7 Å². The monoisotopic (exact) mass is 478 g/mol. The number of aliphatic hydroxyl groups is 2. The summed E-state index contributed by atoms with van der Waals surface area (Å²) in [7, 11) is 0. The molecule has 3 rings (SSSR count). The van der Waals surface area contributed by atoms with Gasteiger partial charge in [0, 0.05) is 5.56 Å². The van der Waals surface area contributed by atoms with E-state index >= 15 is 0 Å². The number of carbonyl (C=O) groups excluding carboxylic acids is 3. The van der Waals surface area contributed by atoms with Gasteiger partial charge in [-0.3, -0.25) is 9.59 Å². The summed E-state index contributed by atoms with van der Waals surface area (Å²) in [6.07, 6.45) is -1.69. The molecule has 0 aliphatic carbocycles. The predicted molar refractivity (Wildman–Crippen MR) is 125 cm³/mol. The Morgan fingerprint density at radius 3 is 2.37 bits per heavy atom. The number of nitrogens with one attached hydrogen (secondary N) is 2. The number of nitrogen functional groups attached to an aromatic ring is 1. The lowest BCUT2D eigenvalue weighted by atomic mass is 10.2. The molecule has 0 radical (unpaired) electrons. The van der Waals surface area contributed by atoms with Gasteiger partial charge >= 0.3 is 5.97 Å². The Balaban J connectivity index is 1.61. The second-order valence-corrected chi connectivity index (χ2v) is 6.98. The summed E-state index contributed by atoms with van der Waals surface area (Å²) < 4.78 is 5.02. The van der Waals surface area contributed by atoms with E-state index in [1.54, 1.807) is 42.5 Å². The van der Waals surface area contributed by atoms with Crippen LogP contribution in [0.25, 0.3) is 0 Å². The molecule has 0 aliphatic rings. The highest BCUT2D eigenvalue weighted by molar-refractivity contribution is 5.99. The Kier molecular flexibility index (Phi) is 8.53. The third-order valence-corrected chi connectivity index (χ3v) is 4.40. The number of amides is 2. The molecule has 12 nitrogen and oxygen atoms in total. The van der Waals surface area contributed by atoms with Crippen molar-refractivity contribution in [3.63, 3.8) is 0 Å². The Morgan fingerprint density at radius 2 is 1.66 bits per heavy atom. The number of ether oxygens (including phenoxy) is 1. The summed E-state index contributed by atoms with van der Waals surface area (Å²) in [6, 6.07) is 17.5. The van der Waals surface area contributed by atoms with Gasteiger partial charge in [0.25, 0.3) is 5.91 Å². The highest BCUT2D eigenvalue weighted by Crippen LogP contribution is 2.30. The van der Waals surface area contributed by atoms with Crippen LogP contribution >= 0.6 is 0 Å². The van der Waals surface area contributed by atoms with Crippen molar-refractivity contribution in [1.82, 2.24) is 10.3 Å². The van der Waals surface area contributed by atoms with E-state index in [-0.39, 0.29) is 41.2 Å². The maximum absolute atomic E-state index is 12.1. The highest BCUT2D eigenvalue weighted by Gasteiger charge is 2.18. The van der Waals surface area contributed by atoms with Crippen LogP contribution in [0.5, 0.6) is 5.75 Å². The van der Waals surface area contributed by atoms with Gasteiger partial charge in [-0.1, -0.05) is 30.3 Å². The van der Waals surface area contributed by atoms with Crippen molar-refractivity contribution < 1.29 is 29.3 Å². The van der Waals surface area contributed by atoms with E-state index in [0.717, 1.165) is 0 Å². The molecule has 0 saturated heterocycles. The molecule has 0 aliphatic heterocycles. The molecule has 2 aromatic carbocycles. The van der Waals surface area contributed by atoms with E-state index < -0.39 is 24.6 Å². The Hall–Kier alpha value is -4.68. The number of esters is 1. The molecule has 1 heterocycles. The van der Waals surface area contributed by atoms with Crippen molar-refractivity contribution >= 4 is 40.8 Å². The van der Waals surface area contributed by atoms with Crippen molar-refractivity contribution in [1.29, 1.82) is 0 Å². The summed E-state index contributed by atoms with van der Waals surface area (Å²) >= 11 is 0. The van der Waals surface area contributed by atoms with Crippen LogP contribution < -0.4 is 21.1 Å². The van der Waals surface area contributed by atoms with Crippen LogP contribution in [0.15, 0.2) is 77.0 Å². The third kappa shape index (κ3) is 7.15. The zero-order valence-electron chi connectivity index (χ0n) is 18.3. The normalized spacial score (nSPS) is 11.6. The smallest absolute Gasteiger partial charge is 0.342 e. The first-order chi connectivity index (χ1) is 16.9. The van der Waals surface area contributed by atoms with Crippen LogP contribution in [0.3, 0.4) is 0 Å². The lowest BCUT2D eigenvalue weighted by molar-refractivity contribution is -0.145. The zero-order chi connectivity index (χ0) is 25.2. The lowest BCUT2D eigenvalue weighted by Gasteiger charge is -2.09. The number of pyridine rings is 1. The van der Waals surface area contributed by atoms with Crippen LogP contribution in [0.1, 0.15) is 10.4 Å². The van der Waals surface area contributed by atoms with Crippen LogP contribution in [-0.4, -0.2) is 52.2 Å². The van der Waals surface area contributed by atoms with Crippen molar-refractivity contribution in [2.24, 2.45) is 10.2 Å². The van der Waals surface area contributed by atoms with Crippen LogP contribution in [0, 0.1) is 0 Å². The number of azo groups is 1. The van der Waals surface area contributed by atoms with E-state index in [1.807, 2.05) is 0 Å². The summed E-state index contributed by atoms with van der Waals surface area (Å²) in [5, 5.41) is 31.2. The van der Waals surface area contributed by atoms with Gasteiger partial charge in [-0.25, -0.2) is 9.78 Å². The molecule has 6 N–H and O–H groups in total. The summed E-state index contributed by atoms with van der Waals surface area (Å²) in [5.74, 6) is -1.81. The topological polar surface area (TPSA) is 189 Å².